The minimum atomic E-state index is -1.46. The highest BCUT2D eigenvalue weighted by Gasteiger charge is 2.55. The molecule has 9 heteroatoms. The second kappa shape index (κ2) is 8.54. The van der Waals surface area contributed by atoms with Crippen molar-refractivity contribution in [1.82, 2.24) is 0 Å². The van der Waals surface area contributed by atoms with Gasteiger partial charge in [-0.15, -0.1) is 92.8 Å². The summed E-state index contributed by atoms with van der Waals surface area (Å²) in [6, 6.07) is 0. The summed E-state index contributed by atoms with van der Waals surface area (Å²) in [7, 11) is 0. The maximum atomic E-state index is 5.89. The van der Waals surface area contributed by atoms with Gasteiger partial charge in [0.2, 0.25) is 0 Å². The van der Waals surface area contributed by atoms with Crippen molar-refractivity contribution in [2.45, 2.75) is 31.9 Å². The van der Waals surface area contributed by atoms with Crippen LogP contribution < -0.4 is 0 Å². The Morgan fingerprint density at radius 1 is 0.824 bits per heavy atom. The lowest BCUT2D eigenvalue weighted by atomic mass is 9.92. The van der Waals surface area contributed by atoms with Crippen molar-refractivity contribution >= 4 is 92.8 Å². The Balaban J connectivity index is 5.51. The lowest BCUT2D eigenvalue weighted by Gasteiger charge is -2.43. The lowest BCUT2D eigenvalue weighted by molar-refractivity contribution is -0.0554. The molecule has 0 aromatic heterocycles. The topological polar surface area (TPSA) is 9.23 Å². The molecule has 0 aliphatic carbocycles. The minimum absolute atomic E-state index is 0.239. The maximum Gasteiger partial charge on any atom is 0.139 e. The fourth-order valence-corrected chi connectivity index (χ4v) is 4.63. The van der Waals surface area contributed by atoms with E-state index in [0.29, 0.717) is 0 Å². The van der Waals surface area contributed by atoms with Gasteiger partial charge < -0.3 is 4.74 Å². The van der Waals surface area contributed by atoms with Crippen LogP contribution in [0.1, 0.15) is 6.92 Å². The summed E-state index contributed by atoms with van der Waals surface area (Å²) >= 11 is 46.9. The first-order chi connectivity index (χ1) is 7.71. The highest BCUT2D eigenvalue weighted by atomic mass is 35.5. The first-order valence-corrected chi connectivity index (χ1v) is 7.97. The van der Waals surface area contributed by atoms with Gasteiger partial charge in [0.25, 0.3) is 0 Å². The molecule has 0 atom stereocenters. The number of hydrogen-bond acceptors (Lipinski definition) is 1. The molecule has 0 amide bonds. The van der Waals surface area contributed by atoms with E-state index < -0.39 is 30.9 Å². The monoisotopic (exact) mass is 402 g/mol. The fourth-order valence-electron chi connectivity index (χ4n) is 1.36. The summed E-state index contributed by atoms with van der Waals surface area (Å²) in [6.07, 6.45) is 0. The molecule has 0 spiro atoms. The second-order valence-corrected chi connectivity index (χ2v) is 7.60. The van der Waals surface area contributed by atoms with Crippen molar-refractivity contribution < 1.29 is 4.74 Å². The van der Waals surface area contributed by atoms with E-state index in [1.54, 1.807) is 6.92 Å². The predicted octanol–water partition coefficient (Wildman–Crippen LogP) is 5.59. The first-order valence-electron chi connectivity index (χ1n) is 4.48. The Kier molecular flexibility index (Phi) is 9.69. The van der Waals surface area contributed by atoms with E-state index in [0.717, 1.165) is 0 Å². The van der Waals surface area contributed by atoms with Crippen LogP contribution in [0.3, 0.4) is 0 Å². The number of alkyl halides is 8. The normalized spacial score (nSPS) is 13.8. The van der Waals surface area contributed by atoms with Gasteiger partial charge in [0.05, 0.1) is 5.92 Å². The third-order valence-corrected chi connectivity index (χ3v) is 4.59. The predicted molar refractivity (Wildman–Crippen MR) is 79.8 cm³/mol. The quantitative estimate of drug-likeness (QED) is 0.501. The Morgan fingerprint density at radius 3 is 1.35 bits per heavy atom. The Morgan fingerprint density at radius 2 is 1.18 bits per heavy atom. The number of rotatable bonds is 7. The summed E-state index contributed by atoms with van der Waals surface area (Å²) in [4.78, 5) is -4.21. The van der Waals surface area contributed by atoms with Gasteiger partial charge in [-0.3, -0.25) is 0 Å². The van der Waals surface area contributed by atoms with Crippen LogP contribution in [-0.2, 0) is 4.74 Å². The average Bonchev–Trinajstić information content (AvgIpc) is 2.14. The third kappa shape index (κ3) is 4.65. The van der Waals surface area contributed by atoms with Crippen LogP contribution in [0.15, 0.2) is 0 Å². The van der Waals surface area contributed by atoms with Crippen LogP contribution in [0.25, 0.3) is 0 Å². The molecule has 0 saturated heterocycles. The van der Waals surface area contributed by atoms with Crippen molar-refractivity contribution in [3.63, 3.8) is 0 Å². The summed E-state index contributed by atoms with van der Waals surface area (Å²) < 4.78 is 5.47. The smallest absolute Gasteiger partial charge is 0.139 e. The van der Waals surface area contributed by atoms with E-state index in [2.05, 4.69) is 0 Å². The average molecular weight is 406 g/mol. The first kappa shape index (κ1) is 19.3. The molecule has 0 saturated carbocycles. The molecule has 0 aliphatic heterocycles. The Labute approximate surface area is 141 Å². The largest absolute Gasteiger partial charge is 0.369 e. The molecule has 1 nitrogen and oxygen atoms in total. The maximum absolute atomic E-state index is 5.89. The van der Waals surface area contributed by atoms with Gasteiger partial charge in [-0.25, -0.2) is 0 Å². The zero-order chi connectivity index (χ0) is 13.8. The van der Waals surface area contributed by atoms with Gasteiger partial charge in [-0.1, -0.05) is 0 Å². The van der Waals surface area contributed by atoms with Gasteiger partial charge in [0, 0.05) is 6.61 Å². The van der Waals surface area contributed by atoms with Crippen molar-refractivity contribution in [1.29, 1.82) is 0 Å². The molecule has 17 heavy (non-hydrogen) atoms. The second-order valence-electron chi connectivity index (χ2n) is 3.08. The zero-order valence-electron chi connectivity index (χ0n) is 8.53. The fraction of sp³-hybridized carbons (Fsp3) is 1.00. The van der Waals surface area contributed by atoms with Gasteiger partial charge in [-0.05, 0) is 6.92 Å². The minimum Gasteiger partial charge on any atom is -0.369 e. The third-order valence-electron chi connectivity index (χ3n) is 2.14. The van der Waals surface area contributed by atoms with Gasteiger partial charge in [-0.2, -0.15) is 0 Å². The number of hydrogen-bond donors (Lipinski definition) is 0. The molecular formula is C8H10Cl8O. The van der Waals surface area contributed by atoms with E-state index in [4.69, 9.17) is 97.5 Å². The molecule has 0 bridgehead atoms. The molecule has 0 aliphatic rings. The Bertz CT molecular complexity index is 204. The molecule has 0 heterocycles. The molecule has 0 aromatic carbocycles. The van der Waals surface area contributed by atoms with Crippen LogP contribution in [0, 0.1) is 5.92 Å². The molecule has 0 radical (unpaired) electrons. The molecule has 104 valence electrons. The summed E-state index contributed by atoms with van der Waals surface area (Å²) in [6.45, 7) is 1.95. The van der Waals surface area contributed by atoms with Crippen molar-refractivity contribution in [2.24, 2.45) is 5.92 Å². The van der Waals surface area contributed by atoms with Crippen LogP contribution in [0.2, 0.25) is 0 Å². The summed E-state index contributed by atoms with van der Waals surface area (Å²) in [5.74, 6) is -0.853. The van der Waals surface area contributed by atoms with Crippen molar-refractivity contribution in [3.05, 3.63) is 0 Å². The Hall–Kier alpha value is 2.28. The van der Waals surface area contributed by atoms with Crippen LogP contribution >= 0.6 is 92.8 Å². The van der Waals surface area contributed by atoms with E-state index in [1.165, 1.54) is 0 Å². The van der Waals surface area contributed by atoms with Crippen LogP contribution in [0.4, 0.5) is 0 Å². The highest BCUT2D eigenvalue weighted by molar-refractivity contribution is 6.52. The van der Waals surface area contributed by atoms with Gasteiger partial charge in [0.1, 0.15) is 24.9 Å². The van der Waals surface area contributed by atoms with Gasteiger partial charge in [0.15, 0.2) is 0 Å². The highest BCUT2D eigenvalue weighted by Crippen LogP contribution is 2.47. The van der Waals surface area contributed by atoms with E-state index in [9.17, 15) is 0 Å². The molecule has 0 aromatic rings. The van der Waals surface area contributed by atoms with E-state index >= 15 is 0 Å². The molecule has 0 unspecified atom stereocenters. The zero-order valence-corrected chi connectivity index (χ0v) is 14.6. The number of ether oxygens (including phenoxy) is 1. The molecule has 0 rings (SSSR count). The molecule has 0 fully saturated rings. The summed E-state index contributed by atoms with van der Waals surface area (Å²) in [5.41, 5.74) is -1.46. The standard InChI is InChI=1S/C8H10Cl8O/c1-2-17-8(6(13)14,7(15)16)3(4(9)10)5(11)12/h3-7H,2H2,1H3. The lowest BCUT2D eigenvalue weighted by Crippen LogP contribution is -2.56. The number of halogens is 8. The molecule has 0 N–H and O–H groups in total. The van der Waals surface area contributed by atoms with Crippen LogP contribution in [-0.4, -0.2) is 31.6 Å². The molecular weight excluding hydrogens is 396 g/mol. The van der Waals surface area contributed by atoms with E-state index in [-0.39, 0.29) is 6.61 Å². The SMILES string of the molecule is CCOC(C(Cl)Cl)(C(Cl)Cl)C(C(Cl)Cl)C(Cl)Cl. The van der Waals surface area contributed by atoms with E-state index in [1.807, 2.05) is 0 Å². The van der Waals surface area contributed by atoms with Crippen molar-refractivity contribution in [3.8, 4) is 0 Å². The van der Waals surface area contributed by atoms with Crippen molar-refractivity contribution in [2.75, 3.05) is 6.61 Å². The van der Waals surface area contributed by atoms with Crippen LogP contribution in [0.5, 0.6) is 0 Å². The van der Waals surface area contributed by atoms with Gasteiger partial charge >= 0.3 is 0 Å². The summed E-state index contributed by atoms with van der Waals surface area (Å²) in [5, 5.41) is 0.